The summed E-state index contributed by atoms with van der Waals surface area (Å²) in [5, 5.41) is 8.91. The zero-order valence-corrected chi connectivity index (χ0v) is 15.2. The first-order valence-corrected chi connectivity index (χ1v) is 9.47. The normalized spacial score (nSPS) is 11.1. The molecule has 26 heavy (non-hydrogen) atoms. The molecule has 0 unspecified atom stereocenters. The number of oxazole rings is 1. The van der Waals surface area contributed by atoms with Crippen molar-refractivity contribution in [3.05, 3.63) is 65.9 Å². The smallest absolute Gasteiger partial charge is 0.300 e. The van der Waals surface area contributed by atoms with Crippen LogP contribution in [0.4, 0.5) is 5.69 Å². The Morgan fingerprint density at radius 2 is 1.77 bits per heavy atom. The van der Waals surface area contributed by atoms with Crippen LogP contribution in [0, 0.1) is 18.3 Å². The third-order valence-corrected chi connectivity index (χ3v) is 5.65. The molecular weight excluding hydrogens is 350 g/mol. The van der Waals surface area contributed by atoms with Gasteiger partial charge in [0.2, 0.25) is 11.6 Å². The van der Waals surface area contributed by atoms with Crippen LogP contribution in [-0.2, 0) is 10.0 Å². The van der Waals surface area contributed by atoms with Gasteiger partial charge in [0.15, 0.2) is 0 Å². The van der Waals surface area contributed by atoms with Gasteiger partial charge in [0.25, 0.3) is 5.09 Å². The van der Waals surface area contributed by atoms with Gasteiger partial charge in [0.1, 0.15) is 6.07 Å². The minimum atomic E-state index is -4.06. The van der Waals surface area contributed by atoms with E-state index in [1.807, 2.05) is 25.1 Å². The van der Waals surface area contributed by atoms with Crippen molar-refractivity contribution in [2.24, 2.45) is 0 Å². The highest BCUT2D eigenvalue weighted by Gasteiger charge is 2.32. The molecule has 0 spiro atoms. The first-order valence-electron chi connectivity index (χ1n) is 8.03. The summed E-state index contributed by atoms with van der Waals surface area (Å²) >= 11 is 0. The number of nitriles is 1. The molecule has 132 valence electrons. The van der Waals surface area contributed by atoms with E-state index in [2.05, 4.69) is 4.98 Å². The van der Waals surface area contributed by atoms with Crippen molar-refractivity contribution >= 4 is 15.7 Å². The van der Waals surface area contributed by atoms with E-state index < -0.39 is 15.1 Å². The molecule has 3 rings (SSSR count). The number of aromatic nitrogens is 1. The van der Waals surface area contributed by atoms with E-state index in [4.69, 9.17) is 4.42 Å². The van der Waals surface area contributed by atoms with Crippen molar-refractivity contribution in [1.82, 2.24) is 4.98 Å². The maximum Gasteiger partial charge on any atom is 0.300 e. The summed E-state index contributed by atoms with van der Waals surface area (Å²) in [5.41, 5.74) is 1.90. The molecule has 0 aliphatic carbocycles. The van der Waals surface area contributed by atoms with Crippen LogP contribution in [0.25, 0.3) is 11.5 Å². The van der Waals surface area contributed by atoms with Crippen LogP contribution in [0.2, 0.25) is 0 Å². The van der Waals surface area contributed by atoms with E-state index in [-0.39, 0.29) is 18.1 Å². The average Bonchev–Trinajstić information content (AvgIpc) is 3.09. The monoisotopic (exact) mass is 367 g/mol. The van der Waals surface area contributed by atoms with Crippen molar-refractivity contribution in [3.8, 4) is 17.5 Å². The lowest BCUT2D eigenvalue weighted by atomic mass is 10.1. The highest BCUT2D eigenvalue weighted by molar-refractivity contribution is 7.92. The lowest BCUT2D eigenvalue weighted by molar-refractivity contribution is 0.456. The van der Waals surface area contributed by atoms with E-state index in [9.17, 15) is 13.7 Å². The predicted molar refractivity (Wildman–Crippen MR) is 98.0 cm³/mol. The van der Waals surface area contributed by atoms with Gasteiger partial charge in [-0.25, -0.2) is 0 Å². The average molecular weight is 367 g/mol. The SMILES string of the molecule is CCN(c1ccccc1)S(=O)(=O)c1oc(-c2ccc(C)cc2)nc1C#N. The zero-order valence-electron chi connectivity index (χ0n) is 14.4. The summed E-state index contributed by atoms with van der Waals surface area (Å²) in [6.07, 6.45) is 0. The Morgan fingerprint density at radius 3 is 2.35 bits per heavy atom. The second kappa shape index (κ2) is 7.02. The van der Waals surface area contributed by atoms with Crippen LogP contribution in [-0.4, -0.2) is 19.9 Å². The Balaban J connectivity index is 2.10. The van der Waals surface area contributed by atoms with Crippen LogP contribution in [0.3, 0.4) is 0 Å². The number of sulfonamides is 1. The van der Waals surface area contributed by atoms with Gasteiger partial charge in [0.05, 0.1) is 5.69 Å². The van der Waals surface area contributed by atoms with Gasteiger partial charge in [-0.15, -0.1) is 0 Å². The maximum absolute atomic E-state index is 13.1. The summed E-state index contributed by atoms with van der Waals surface area (Å²) in [4.78, 5) is 4.07. The standard InChI is InChI=1S/C19H17N3O3S/c1-3-22(16-7-5-4-6-8-16)26(23,24)19-17(13-20)21-18(25-19)15-11-9-14(2)10-12-15/h4-12H,3H2,1-2H3. The van der Waals surface area contributed by atoms with E-state index in [1.165, 1.54) is 4.31 Å². The van der Waals surface area contributed by atoms with Gasteiger partial charge >= 0.3 is 10.0 Å². The Hall–Kier alpha value is -3.11. The fraction of sp³-hybridized carbons (Fsp3) is 0.158. The lowest BCUT2D eigenvalue weighted by Gasteiger charge is -2.21. The summed E-state index contributed by atoms with van der Waals surface area (Å²) in [6.45, 7) is 3.85. The van der Waals surface area contributed by atoms with Gasteiger partial charge in [-0.05, 0) is 38.1 Å². The molecule has 0 bridgehead atoms. The highest BCUT2D eigenvalue weighted by Crippen LogP contribution is 2.29. The van der Waals surface area contributed by atoms with Crippen LogP contribution >= 0.6 is 0 Å². The van der Waals surface area contributed by atoms with Crippen molar-refractivity contribution in [1.29, 1.82) is 5.26 Å². The van der Waals surface area contributed by atoms with Crippen LogP contribution in [0.1, 0.15) is 18.2 Å². The quantitative estimate of drug-likeness (QED) is 0.685. The number of benzene rings is 2. The largest absolute Gasteiger partial charge is 0.421 e. The molecule has 1 aromatic heterocycles. The Labute approximate surface area is 152 Å². The maximum atomic E-state index is 13.1. The number of aryl methyl sites for hydroxylation is 1. The second-order valence-corrected chi connectivity index (χ2v) is 7.40. The summed E-state index contributed by atoms with van der Waals surface area (Å²) in [6, 6.07) is 17.8. The van der Waals surface area contributed by atoms with Crippen molar-refractivity contribution in [3.63, 3.8) is 0 Å². The third-order valence-electron chi connectivity index (χ3n) is 3.86. The van der Waals surface area contributed by atoms with Crippen molar-refractivity contribution in [2.75, 3.05) is 10.8 Å². The van der Waals surface area contributed by atoms with E-state index in [1.54, 1.807) is 49.4 Å². The van der Waals surface area contributed by atoms with Gasteiger partial charge in [-0.1, -0.05) is 35.9 Å². The topological polar surface area (TPSA) is 87.2 Å². The highest BCUT2D eigenvalue weighted by atomic mass is 32.2. The predicted octanol–water partition coefficient (Wildman–Crippen LogP) is 3.74. The first kappa shape index (κ1) is 17.7. The molecule has 0 atom stereocenters. The number of anilines is 1. The number of nitrogens with zero attached hydrogens (tertiary/aromatic N) is 3. The number of para-hydroxylation sites is 1. The van der Waals surface area contributed by atoms with E-state index in [0.717, 1.165) is 5.56 Å². The van der Waals surface area contributed by atoms with Gasteiger partial charge in [-0.2, -0.15) is 18.7 Å². The van der Waals surface area contributed by atoms with E-state index in [0.29, 0.717) is 11.3 Å². The zero-order chi connectivity index (χ0) is 18.7. The van der Waals surface area contributed by atoms with E-state index >= 15 is 0 Å². The van der Waals surface area contributed by atoms with Gasteiger partial charge in [-0.3, -0.25) is 4.31 Å². The van der Waals surface area contributed by atoms with Crippen LogP contribution < -0.4 is 4.31 Å². The number of hydrogen-bond donors (Lipinski definition) is 0. The molecule has 1 heterocycles. The lowest BCUT2D eigenvalue weighted by Crippen LogP contribution is -2.31. The molecule has 0 amide bonds. The first-order chi connectivity index (χ1) is 12.5. The Morgan fingerprint density at radius 1 is 1.12 bits per heavy atom. The molecule has 0 radical (unpaired) electrons. The molecule has 6 nitrogen and oxygen atoms in total. The van der Waals surface area contributed by atoms with Crippen LogP contribution in [0.5, 0.6) is 0 Å². The molecule has 7 heteroatoms. The molecule has 0 aliphatic rings. The van der Waals surface area contributed by atoms with Crippen LogP contribution in [0.15, 0.2) is 64.1 Å². The number of rotatable bonds is 5. The number of hydrogen-bond acceptors (Lipinski definition) is 5. The molecule has 3 aromatic rings. The second-order valence-electron chi connectivity index (χ2n) is 5.64. The Bertz CT molecular complexity index is 1050. The summed E-state index contributed by atoms with van der Waals surface area (Å²) in [7, 11) is -4.06. The molecular formula is C19H17N3O3S. The molecule has 0 saturated heterocycles. The molecule has 0 N–H and O–H groups in total. The Kier molecular flexibility index (Phi) is 4.78. The fourth-order valence-corrected chi connectivity index (χ4v) is 4.02. The summed E-state index contributed by atoms with van der Waals surface area (Å²) < 4.78 is 32.9. The third kappa shape index (κ3) is 3.19. The molecule has 0 saturated carbocycles. The molecule has 0 fully saturated rings. The fourth-order valence-electron chi connectivity index (χ4n) is 2.56. The van der Waals surface area contributed by atoms with Gasteiger partial charge in [0, 0.05) is 12.1 Å². The summed E-state index contributed by atoms with van der Waals surface area (Å²) in [5.74, 6) is 0.101. The minimum absolute atomic E-state index is 0.101. The molecule has 2 aromatic carbocycles. The molecule has 0 aliphatic heterocycles. The van der Waals surface area contributed by atoms with Gasteiger partial charge < -0.3 is 4.42 Å². The van der Waals surface area contributed by atoms with Crippen molar-refractivity contribution < 1.29 is 12.8 Å². The minimum Gasteiger partial charge on any atom is -0.421 e. The van der Waals surface area contributed by atoms with Crippen molar-refractivity contribution in [2.45, 2.75) is 18.9 Å².